The van der Waals surface area contributed by atoms with Crippen LogP contribution in [0.5, 0.6) is 17.2 Å². The van der Waals surface area contributed by atoms with Crippen molar-refractivity contribution < 1.29 is 14.2 Å². The molecule has 0 N–H and O–H groups in total. The van der Waals surface area contributed by atoms with Crippen LogP contribution in [0.1, 0.15) is 49.2 Å². The Kier molecular flexibility index (Phi) is 7.03. The minimum atomic E-state index is -0.0663. The van der Waals surface area contributed by atoms with E-state index in [1.54, 1.807) is 21.3 Å². The lowest BCUT2D eigenvalue weighted by Gasteiger charge is -2.40. The fraction of sp³-hybridized carbons (Fsp3) is 0.500. The summed E-state index contributed by atoms with van der Waals surface area (Å²) in [6.45, 7) is 3.62. The highest BCUT2D eigenvalue weighted by Gasteiger charge is 2.33. The summed E-state index contributed by atoms with van der Waals surface area (Å²) in [5.41, 5.74) is 2.32. The molecule has 0 amide bonds. The van der Waals surface area contributed by atoms with E-state index in [1.807, 2.05) is 18.2 Å². The van der Waals surface area contributed by atoms with E-state index < -0.39 is 0 Å². The van der Waals surface area contributed by atoms with Gasteiger partial charge >= 0.3 is 0 Å². The van der Waals surface area contributed by atoms with Crippen LogP contribution < -0.4 is 19.1 Å². The number of rotatable bonds is 8. The van der Waals surface area contributed by atoms with Crippen molar-refractivity contribution in [2.75, 3.05) is 52.4 Å². The Morgan fingerprint density at radius 2 is 1.54 bits per heavy atom. The standard InChI is InChI=1S/C26H34N6O3/c1-33-22-11-9-20(10-12-22)30-14-16-31(17-15-30)25(19-8-13-23(34-2)24(18-19)35-3)26-27-28-29-32(26)21-6-4-5-7-21/h8-13,18,21,25H,4-7,14-17H2,1-3H3. The normalized spacial score (nSPS) is 18.0. The Bertz CT molecular complexity index is 1100. The Morgan fingerprint density at radius 3 is 2.20 bits per heavy atom. The molecule has 186 valence electrons. The largest absolute Gasteiger partial charge is 0.497 e. The summed E-state index contributed by atoms with van der Waals surface area (Å²) in [7, 11) is 5.03. The molecule has 0 radical (unpaired) electrons. The van der Waals surface area contributed by atoms with Gasteiger partial charge in [-0.15, -0.1) is 5.10 Å². The molecule has 9 nitrogen and oxygen atoms in total. The predicted octanol–water partition coefficient (Wildman–Crippen LogP) is 3.73. The minimum absolute atomic E-state index is 0.0663. The predicted molar refractivity (Wildman–Crippen MR) is 133 cm³/mol. The van der Waals surface area contributed by atoms with Gasteiger partial charge in [0, 0.05) is 31.9 Å². The van der Waals surface area contributed by atoms with Crippen molar-refractivity contribution in [3.05, 3.63) is 53.9 Å². The van der Waals surface area contributed by atoms with Crippen LogP contribution in [0.15, 0.2) is 42.5 Å². The van der Waals surface area contributed by atoms with Crippen molar-refractivity contribution in [2.45, 2.75) is 37.8 Å². The molecule has 3 aromatic rings. The third kappa shape index (κ3) is 4.77. The second kappa shape index (κ2) is 10.5. The number of hydrogen-bond acceptors (Lipinski definition) is 8. The highest BCUT2D eigenvalue weighted by molar-refractivity contribution is 5.50. The van der Waals surface area contributed by atoms with E-state index >= 15 is 0 Å². The third-order valence-corrected chi connectivity index (χ3v) is 7.27. The highest BCUT2D eigenvalue weighted by Crippen LogP contribution is 2.37. The maximum Gasteiger partial charge on any atom is 0.173 e. The van der Waals surface area contributed by atoms with Crippen LogP contribution in [0, 0.1) is 0 Å². The van der Waals surface area contributed by atoms with Crippen molar-refractivity contribution in [3.8, 4) is 17.2 Å². The lowest BCUT2D eigenvalue weighted by Crippen LogP contribution is -2.48. The van der Waals surface area contributed by atoms with Crippen LogP contribution in [0.25, 0.3) is 0 Å². The molecule has 1 aliphatic heterocycles. The second-order valence-electron chi connectivity index (χ2n) is 9.16. The summed E-state index contributed by atoms with van der Waals surface area (Å²) in [5, 5.41) is 13.1. The van der Waals surface area contributed by atoms with Gasteiger partial charge in [-0.25, -0.2) is 4.68 Å². The molecule has 9 heteroatoms. The average molecular weight is 479 g/mol. The number of anilines is 1. The fourth-order valence-corrected chi connectivity index (χ4v) is 5.37. The first-order chi connectivity index (χ1) is 17.2. The Morgan fingerprint density at radius 1 is 0.829 bits per heavy atom. The van der Waals surface area contributed by atoms with Gasteiger partial charge in [0.1, 0.15) is 5.75 Å². The molecule has 1 unspecified atom stereocenters. The molecule has 1 atom stereocenters. The van der Waals surface area contributed by atoms with Crippen LogP contribution >= 0.6 is 0 Å². The SMILES string of the molecule is COc1ccc(N2CCN(C(c3ccc(OC)c(OC)c3)c3nnnn3C3CCCC3)CC2)cc1. The van der Waals surface area contributed by atoms with Crippen molar-refractivity contribution in [3.63, 3.8) is 0 Å². The van der Waals surface area contributed by atoms with Gasteiger partial charge in [-0.1, -0.05) is 18.9 Å². The average Bonchev–Trinajstić information content (AvgIpc) is 3.62. The van der Waals surface area contributed by atoms with Crippen molar-refractivity contribution in [2.24, 2.45) is 0 Å². The molecule has 5 rings (SSSR count). The number of benzene rings is 2. The molecule has 2 heterocycles. The van der Waals surface area contributed by atoms with Crippen molar-refractivity contribution in [1.82, 2.24) is 25.1 Å². The van der Waals surface area contributed by atoms with E-state index in [0.29, 0.717) is 11.8 Å². The quantitative estimate of drug-likeness (QED) is 0.485. The van der Waals surface area contributed by atoms with Gasteiger partial charge in [0.2, 0.25) is 0 Å². The Labute approximate surface area is 206 Å². The topological polar surface area (TPSA) is 77.8 Å². The highest BCUT2D eigenvalue weighted by atomic mass is 16.5. The molecule has 1 aromatic heterocycles. The molecule has 1 aliphatic carbocycles. The van der Waals surface area contributed by atoms with Gasteiger partial charge in [0.05, 0.1) is 33.4 Å². The molecule has 0 bridgehead atoms. The number of nitrogens with zero attached hydrogens (tertiary/aromatic N) is 6. The van der Waals surface area contributed by atoms with E-state index in [0.717, 1.165) is 61.9 Å². The maximum absolute atomic E-state index is 5.64. The molecule has 2 fully saturated rings. The number of tetrazole rings is 1. The van der Waals surface area contributed by atoms with Crippen molar-refractivity contribution in [1.29, 1.82) is 0 Å². The van der Waals surface area contributed by atoms with E-state index in [2.05, 4.69) is 54.3 Å². The number of ether oxygens (including phenoxy) is 3. The Hall–Kier alpha value is -3.33. The number of hydrogen-bond donors (Lipinski definition) is 0. The van der Waals surface area contributed by atoms with Gasteiger partial charge in [-0.2, -0.15) is 0 Å². The van der Waals surface area contributed by atoms with E-state index in [-0.39, 0.29) is 6.04 Å². The van der Waals surface area contributed by atoms with Crippen LogP contribution in [0.4, 0.5) is 5.69 Å². The molecule has 2 aromatic carbocycles. The molecular formula is C26H34N6O3. The van der Waals surface area contributed by atoms with E-state index in [9.17, 15) is 0 Å². The number of methoxy groups -OCH3 is 3. The summed E-state index contributed by atoms with van der Waals surface area (Å²) in [6, 6.07) is 14.7. The lowest BCUT2D eigenvalue weighted by atomic mass is 10.0. The first kappa shape index (κ1) is 23.4. The van der Waals surface area contributed by atoms with Gasteiger partial charge < -0.3 is 19.1 Å². The summed E-state index contributed by atoms with van der Waals surface area (Å²) in [6.07, 6.45) is 4.71. The minimum Gasteiger partial charge on any atom is -0.497 e. The van der Waals surface area contributed by atoms with Gasteiger partial charge in [-0.3, -0.25) is 4.90 Å². The zero-order valence-corrected chi connectivity index (χ0v) is 20.8. The Balaban J connectivity index is 1.44. The monoisotopic (exact) mass is 478 g/mol. The summed E-state index contributed by atoms with van der Waals surface area (Å²) < 4.78 is 18.5. The summed E-state index contributed by atoms with van der Waals surface area (Å²) >= 11 is 0. The fourth-order valence-electron chi connectivity index (χ4n) is 5.37. The van der Waals surface area contributed by atoms with Crippen LogP contribution in [-0.4, -0.2) is 72.6 Å². The van der Waals surface area contributed by atoms with Gasteiger partial charge in [0.15, 0.2) is 17.3 Å². The molecule has 1 saturated heterocycles. The van der Waals surface area contributed by atoms with Gasteiger partial charge in [0.25, 0.3) is 0 Å². The molecule has 1 saturated carbocycles. The second-order valence-corrected chi connectivity index (χ2v) is 9.16. The zero-order chi connectivity index (χ0) is 24.2. The number of aromatic nitrogens is 4. The maximum atomic E-state index is 5.64. The van der Waals surface area contributed by atoms with Crippen LogP contribution in [0.3, 0.4) is 0 Å². The lowest BCUT2D eigenvalue weighted by molar-refractivity contribution is 0.197. The number of piperazine rings is 1. The molecule has 0 spiro atoms. The zero-order valence-electron chi connectivity index (χ0n) is 20.8. The summed E-state index contributed by atoms with van der Waals surface area (Å²) in [4.78, 5) is 4.90. The smallest absolute Gasteiger partial charge is 0.173 e. The molecule has 35 heavy (non-hydrogen) atoms. The van der Waals surface area contributed by atoms with E-state index in [4.69, 9.17) is 14.2 Å². The van der Waals surface area contributed by atoms with E-state index in [1.165, 1.54) is 18.5 Å². The van der Waals surface area contributed by atoms with Crippen LogP contribution in [-0.2, 0) is 0 Å². The van der Waals surface area contributed by atoms with Gasteiger partial charge in [-0.05, 0) is 65.2 Å². The summed E-state index contributed by atoms with van der Waals surface area (Å²) in [5.74, 6) is 3.21. The van der Waals surface area contributed by atoms with Crippen LogP contribution in [0.2, 0.25) is 0 Å². The molecule has 2 aliphatic rings. The van der Waals surface area contributed by atoms with Crippen molar-refractivity contribution >= 4 is 5.69 Å². The first-order valence-electron chi connectivity index (χ1n) is 12.3. The molecular weight excluding hydrogens is 444 g/mol. The third-order valence-electron chi connectivity index (χ3n) is 7.27. The first-order valence-corrected chi connectivity index (χ1v) is 12.3.